The molecule has 0 aromatic heterocycles. The van der Waals surface area contributed by atoms with Crippen LogP contribution >= 0.6 is 0 Å². The molecule has 0 bridgehead atoms. The maximum Gasteiger partial charge on any atom is 0.322 e. The predicted octanol–water partition coefficient (Wildman–Crippen LogP) is 2.23. The van der Waals surface area contributed by atoms with Gasteiger partial charge in [0.1, 0.15) is 0 Å². The largest absolute Gasteiger partial charge is 0.338 e. The molecule has 0 saturated carbocycles. The Morgan fingerprint density at radius 3 is 2.57 bits per heavy atom. The Hall–Kier alpha value is -2.04. The van der Waals surface area contributed by atoms with Gasteiger partial charge in [-0.15, -0.1) is 0 Å². The first-order valence-electron chi connectivity index (χ1n) is 7.45. The van der Waals surface area contributed by atoms with Gasteiger partial charge in [0.2, 0.25) is 5.91 Å². The lowest BCUT2D eigenvalue weighted by atomic mass is 10.2. The summed E-state index contributed by atoms with van der Waals surface area (Å²) >= 11 is 0. The number of likely N-dealkylation sites (tertiary alicyclic amines) is 1. The van der Waals surface area contributed by atoms with Crippen molar-refractivity contribution < 1.29 is 9.59 Å². The molecule has 1 atom stereocenters. The van der Waals surface area contributed by atoms with Crippen molar-refractivity contribution in [3.8, 4) is 0 Å². The number of urea groups is 1. The molecule has 5 heteroatoms. The summed E-state index contributed by atoms with van der Waals surface area (Å²) in [6, 6.07) is 9.47. The minimum atomic E-state index is -0.146. The minimum Gasteiger partial charge on any atom is -0.338 e. The van der Waals surface area contributed by atoms with E-state index in [-0.39, 0.29) is 24.0 Å². The van der Waals surface area contributed by atoms with Crippen molar-refractivity contribution in [3.63, 3.8) is 0 Å². The van der Waals surface area contributed by atoms with Crippen LogP contribution in [0.2, 0.25) is 0 Å². The molecule has 0 aliphatic carbocycles. The van der Waals surface area contributed by atoms with Crippen molar-refractivity contribution in [2.45, 2.75) is 39.3 Å². The molecule has 3 amide bonds. The van der Waals surface area contributed by atoms with E-state index < -0.39 is 0 Å². The first-order valence-corrected chi connectivity index (χ1v) is 7.45. The number of hydrogen-bond acceptors (Lipinski definition) is 2. The van der Waals surface area contributed by atoms with Crippen LogP contribution in [0.25, 0.3) is 0 Å². The lowest BCUT2D eigenvalue weighted by molar-refractivity contribution is -0.129. The number of para-hydroxylation sites is 1. The fourth-order valence-corrected chi connectivity index (χ4v) is 2.63. The first kappa shape index (κ1) is 15.4. The third-order valence-electron chi connectivity index (χ3n) is 3.74. The second kappa shape index (κ2) is 6.61. The van der Waals surface area contributed by atoms with Crippen LogP contribution in [0.3, 0.4) is 0 Å². The van der Waals surface area contributed by atoms with E-state index in [4.69, 9.17) is 0 Å². The second-order valence-corrected chi connectivity index (χ2v) is 5.57. The number of anilines is 1. The van der Waals surface area contributed by atoms with Crippen molar-refractivity contribution >= 4 is 17.6 Å². The van der Waals surface area contributed by atoms with Gasteiger partial charge in [0, 0.05) is 31.2 Å². The standard InChI is InChI=1S/C16H23N3O2/c1-4-18(14-8-6-5-7-9-14)16(21)17-13-10-15(20)19(11-13)12(2)3/h5-9,12-13H,4,10-11H2,1-3H3,(H,17,21). The maximum atomic E-state index is 12.4. The Morgan fingerprint density at radius 2 is 2.05 bits per heavy atom. The lowest BCUT2D eigenvalue weighted by Crippen LogP contribution is -2.46. The Bertz CT molecular complexity index is 502. The predicted molar refractivity (Wildman–Crippen MR) is 83.2 cm³/mol. The summed E-state index contributed by atoms with van der Waals surface area (Å²) in [6.45, 7) is 7.10. The SMILES string of the molecule is CCN(C(=O)NC1CC(=O)N(C(C)C)C1)c1ccccc1. The van der Waals surface area contributed by atoms with Crippen LogP contribution in [0.5, 0.6) is 0 Å². The van der Waals surface area contributed by atoms with E-state index in [0.717, 1.165) is 5.69 Å². The van der Waals surface area contributed by atoms with Crippen molar-refractivity contribution in [2.24, 2.45) is 0 Å². The van der Waals surface area contributed by atoms with Crippen LogP contribution in [0.15, 0.2) is 30.3 Å². The molecule has 1 aromatic rings. The van der Waals surface area contributed by atoms with E-state index >= 15 is 0 Å². The highest BCUT2D eigenvalue weighted by Gasteiger charge is 2.32. The molecular weight excluding hydrogens is 266 g/mol. The third kappa shape index (κ3) is 3.54. The summed E-state index contributed by atoms with van der Waals surface area (Å²) in [7, 11) is 0. The summed E-state index contributed by atoms with van der Waals surface area (Å²) in [5.74, 6) is 0.109. The smallest absolute Gasteiger partial charge is 0.322 e. The molecule has 1 aromatic carbocycles. The number of hydrogen-bond donors (Lipinski definition) is 1. The van der Waals surface area contributed by atoms with Crippen LogP contribution in [0.4, 0.5) is 10.5 Å². The molecule has 1 fully saturated rings. The average molecular weight is 289 g/mol. The van der Waals surface area contributed by atoms with Crippen LogP contribution in [-0.4, -0.2) is 42.0 Å². The van der Waals surface area contributed by atoms with E-state index in [1.54, 1.807) is 4.90 Å². The van der Waals surface area contributed by atoms with Crippen LogP contribution in [0.1, 0.15) is 27.2 Å². The Kier molecular flexibility index (Phi) is 4.83. The molecule has 1 aliphatic heterocycles. The van der Waals surface area contributed by atoms with Crippen LogP contribution in [0, 0.1) is 0 Å². The fourth-order valence-electron chi connectivity index (χ4n) is 2.63. The number of amides is 3. The summed E-state index contributed by atoms with van der Waals surface area (Å²) in [6.07, 6.45) is 0.385. The summed E-state index contributed by atoms with van der Waals surface area (Å²) in [4.78, 5) is 27.8. The van der Waals surface area contributed by atoms with Crippen LogP contribution < -0.4 is 10.2 Å². The maximum absolute atomic E-state index is 12.4. The monoisotopic (exact) mass is 289 g/mol. The topological polar surface area (TPSA) is 52.7 Å². The molecule has 0 radical (unpaired) electrons. The van der Waals surface area contributed by atoms with Gasteiger partial charge in [0.25, 0.3) is 0 Å². The van der Waals surface area contributed by atoms with Crippen molar-refractivity contribution in [3.05, 3.63) is 30.3 Å². The number of rotatable bonds is 4. The van der Waals surface area contributed by atoms with Gasteiger partial charge in [-0.1, -0.05) is 18.2 Å². The highest BCUT2D eigenvalue weighted by Crippen LogP contribution is 2.16. The van der Waals surface area contributed by atoms with E-state index in [2.05, 4.69) is 5.32 Å². The zero-order valence-electron chi connectivity index (χ0n) is 12.9. The first-order chi connectivity index (χ1) is 10.0. The summed E-state index contributed by atoms with van der Waals surface area (Å²) in [5, 5.41) is 2.97. The van der Waals surface area contributed by atoms with E-state index in [0.29, 0.717) is 19.5 Å². The number of nitrogens with zero attached hydrogens (tertiary/aromatic N) is 2. The number of carbonyl (C=O) groups excluding carboxylic acids is 2. The van der Waals surface area contributed by atoms with Gasteiger partial charge in [-0.25, -0.2) is 4.79 Å². The molecule has 114 valence electrons. The second-order valence-electron chi connectivity index (χ2n) is 5.57. The van der Waals surface area contributed by atoms with Gasteiger partial charge in [0.15, 0.2) is 0 Å². The van der Waals surface area contributed by atoms with Crippen molar-refractivity contribution in [1.82, 2.24) is 10.2 Å². The third-order valence-corrected chi connectivity index (χ3v) is 3.74. The molecule has 5 nitrogen and oxygen atoms in total. The lowest BCUT2D eigenvalue weighted by Gasteiger charge is -2.24. The zero-order valence-corrected chi connectivity index (χ0v) is 12.9. The van der Waals surface area contributed by atoms with E-state index in [1.165, 1.54) is 0 Å². The normalized spacial score (nSPS) is 18.2. The van der Waals surface area contributed by atoms with Gasteiger partial charge >= 0.3 is 6.03 Å². The molecule has 1 aliphatic rings. The van der Waals surface area contributed by atoms with Gasteiger partial charge in [-0.3, -0.25) is 9.69 Å². The average Bonchev–Trinajstić information content (AvgIpc) is 2.81. The molecule has 1 unspecified atom stereocenters. The van der Waals surface area contributed by atoms with Gasteiger partial charge in [-0.2, -0.15) is 0 Å². The van der Waals surface area contributed by atoms with Gasteiger partial charge in [-0.05, 0) is 32.9 Å². The Balaban J connectivity index is 2.00. The number of benzene rings is 1. The van der Waals surface area contributed by atoms with Crippen LogP contribution in [-0.2, 0) is 4.79 Å². The molecule has 21 heavy (non-hydrogen) atoms. The van der Waals surface area contributed by atoms with Crippen molar-refractivity contribution in [1.29, 1.82) is 0 Å². The van der Waals surface area contributed by atoms with Crippen molar-refractivity contribution in [2.75, 3.05) is 18.0 Å². The summed E-state index contributed by atoms with van der Waals surface area (Å²) < 4.78 is 0. The molecule has 1 saturated heterocycles. The molecule has 1 heterocycles. The molecule has 1 N–H and O–H groups in total. The zero-order chi connectivity index (χ0) is 15.4. The number of nitrogens with one attached hydrogen (secondary N) is 1. The number of carbonyl (C=O) groups is 2. The van der Waals surface area contributed by atoms with Gasteiger partial charge in [0.05, 0.1) is 6.04 Å². The Morgan fingerprint density at radius 1 is 1.38 bits per heavy atom. The summed E-state index contributed by atoms with van der Waals surface area (Å²) in [5.41, 5.74) is 0.863. The molecular formula is C16H23N3O2. The highest BCUT2D eigenvalue weighted by molar-refractivity contribution is 5.92. The fraction of sp³-hybridized carbons (Fsp3) is 0.500. The minimum absolute atomic E-state index is 0.106. The highest BCUT2D eigenvalue weighted by atomic mass is 16.2. The van der Waals surface area contributed by atoms with E-state index in [1.807, 2.05) is 56.0 Å². The molecule has 2 rings (SSSR count). The van der Waals surface area contributed by atoms with E-state index in [9.17, 15) is 9.59 Å². The van der Waals surface area contributed by atoms with Gasteiger partial charge < -0.3 is 10.2 Å². The quantitative estimate of drug-likeness (QED) is 0.924. The Labute approximate surface area is 125 Å². The molecule has 0 spiro atoms.